The highest BCUT2D eigenvalue weighted by Gasteiger charge is 2.18. The third-order valence-corrected chi connectivity index (χ3v) is 8.65. The molecule has 10 heteroatoms. The lowest BCUT2D eigenvalue weighted by atomic mass is 10.1. The van der Waals surface area contributed by atoms with E-state index in [1.807, 2.05) is 37.3 Å². The van der Waals surface area contributed by atoms with E-state index in [1.165, 1.54) is 17.8 Å². The molecule has 0 saturated carbocycles. The van der Waals surface area contributed by atoms with Crippen LogP contribution in [-0.2, 0) is 9.59 Å². The molecule has 0 aromatic heterocycles. The van der Waals surface area contributed by atoms with E-state index in [9.17, 15) is 14.4 Å². The van der Waals surface area contributed by atoms with E-state index in [-0.39, 0.29) is 16.6 Å². The van der Waals surface area contributed by atoms with Crippen molar-refractivity contribution in [2.45, 2.75) is 17.1 Å². The average molecular weight is 683 g/mol. The number of amides is 3. The number of ether oxygens (including phenoxy) is 1. The maximum atomic E-state index is 13.4. The van der Waals surface area contributed by atoms with Gasteiger partial charge in [-0.05, 0) is 97.4 Å². The van der Waals surface area contributed by atoms with E-state index in [4.69, 9.17) is 27.9 Å². The number of thioether (sulfide) groups is 1. The molecule has 5 aromatic rings. The van der Waals surface area contributed by atoms with Crippen LogP contribution in [0.5, 0.6) is 11.5 Å². The van der Waals surface area contributed by atoms with E-state index >= 15 is 0 Å². The standard InChI is InChI=1S/C37H29Cl2N3O4S/c1-24(35(43)40-27-15-19-30(20-16-27)46-29-12-6-3-7-13-29)47-31-21-17-28(18-22-31)41-37(45)33(23-26-11-8-14-32(38)34(26)39)42-36(44)25-9-4-2-5-10-25/h2-24H,1H3,(H,40,43)(H,41,45)(H,42,44)/b33-23-. The summed E-state index contributed by atoms with van der Waals surface area (Å²) in [7, 11) is 0. The second kappa shape index (κ2) is 16.0. The zero-order valence-electron chi connectivity index (χ0n) is 25.1. The Morgan fingerprint density at radius 2 is 1.30 bits per heavy atom. The van der Waals surface area contributed by atoms with Crippen molar-refractivity contribution >= 4 is 70.1 Å². The van der Waals surface area contributed by atoms with E-state index in [0.717, 1.165) is 10.6 Å². The summed E-state index contributed by atoms with van der Waals surface area (Å²) >= 11 is 13.9. The summed E-state index contributed by atoms with van der Waals surface area (Å²) in [4.78, 5) is 40.0. The van der Waals surface area contributed by atoms with Crippen LogP contribution in [-0.4, -0.2) is 23.0 Å². The van der Waals surface area contributed by atoms with Crippen molar-refractivity contribution in [3.8, 4) is 11.5 Å². The minimum atomic E-state index is -0.557. The van der Waals surface area contributed by atoms with E-state index < -0.39 is 17.1 Å². The van der Waals surface area contributed by atoms with Crippen molar-refractivity contribution in [3.05, 3.63) is 154 Å². The van der Waals surface area contributed by atoms with Crippen molar-refractivity contribution in [1.82, 2.24) is 5.32 Å². The molecule has 1 atom stereocenters. The number of hydrogen-bond donors (Lipinski definition) is 3. The number of hydrogen-bond acceptors (Lipinski definition) is 5. The topological polar surface area (TPSA) is 96.5 Å². The molecule has 0 saturated heterocycles. The molecule has 5 aromatic carbocycles. The van der Waals surface area contributed by atoms with Crippen LogP contribution in [0.25, 0.3) is 6.08 Å². The van der Waals surface area contributed by atoms with Crippen molar-refractivity contribution in [1.29, 1.82) is 0 Å². The van der Waals surface area contributed by atoms with Crippen LogP contribution in [0.3, 0.4) is 0 Å². The molecule has 0 heterocycles. The second-order valence-electron chi connectivity index (χ2n) is 10.2. The third-order valence-electron chi connectivity index (χ3n) is 6.71. The second-order valence-corrected chi connectivity index (χ2v) is 12.4. The van der Waals surface area contributed by atoms with Gasteiger partial charge in [0.05, 0.1) is 15.3 Å². The Labute approximate surface area is 287 Å². The maximum Gasteiger partial charge on any atom is 0.272 e. The third kappa shape index (κ3) is 9.50. The summed E-state index contributed by atoms with van der Waals surface area (Å²) in [6.07, 6.45) is 1.47. The Morgan fingerprint density at radius 3 is 1.98 bits per heavy atom. The van der Waals surface area contributed by atoms with Crippen molar-refractivity contribution in [2.24, 2.45) is 0 Å². The van der Waals surface area contributed by atoms with Gasteiger partial charge in [0.25, 0.3) is 11.8 Å². The fraction of sp³-hybridized carbons (Fsp3) is 0.0541. The zero-order valence-corrected chi connectivity index (χ0v) is 27.4. The van der Waals surface area contributed by atoms with E-state index in [1.54, 1.807) is 97.1 Å². The zero-order chi connectivity index (χ0) is 33.2. The molecule has 0 aliphatic carbocycles. The first-order valence-corrected chi connectivity index (χ1v) is 16.1. The molecule has 3 N–H and O–H groups in total. The number of carbonyl (C=O) groups is 3. The predicted molar refractivity (Wildman–Crippen MR) is 190 cm³/mol. The van der Waals surface area contributed by atoms with Gasteiger partial charge in [0.15, 0.2) is 0 Å². The molecule has 5 rings (SSSR count). The fourth-order valence-corrected chi connectivity index (χ4v) is 5.51. The molecule has 236 valence electrons. The summed E-state index contributed by atoms with van der Waals surface area (Å²) in [6, 6.07) is 37.2. The summed E-state index contributed by atoms with van der Waals surface area (Å²) in [5, 5.41) is 8.59. The van der Waals surface area contributed by atoms with Crippen LogP contribution in [0.1, 0.15) is 22.8 Å². The number of anilines is 2. The molecule has 0 aliphatic heterocycles. The summed E-state index contributed by atoms with van der Waals surface area (Å²) in [5.41, 5.74) is 1.98. The summed E-state index contributed by atoms with van der Waals surface area (Å²) in [6.45, 7) is 1.82. The molecule has 0 bridgehead atoms. The highest BCUT2D eigenvalue weighted by Crippen LogP contribution is 2.29. The highest BCUT2D eigenvalue weighted by atomic mass is 35.5. The lowest BCUT2D eigenvalue weighted by Gasteiger charge is -2.14. The molecule has 47 heavy (non-hydrogen) atoms. The van der Waals surface area contributed by atoms with Crippen LogP contribution in [0.2, 0.25) is 10.0 Å². The van der Waals surface area contributed by atoms with Gasteiger partial charge in [-0.25, -0.2) is 0 Å². The molecule has 0 radical (unpaired) electrons. The Morgan fingerprint density at radius 1 is 0.702 bits per heavy atom. The molecular weight excluding hydrogens is 653 g/mol. The fourth-order valence-electron chi connectivity index (χ4n) is 4.28. The molecular formula is C37H29Cl2N3O4S. The van der Waals surface area contributed by atoms with Gasteiger partial charge in [0, 0.05) is 21.8 Å². The Balaban J connectivity index is 1.20. The number of carbonyl (C=O) groups excluding carboxylic acids is 3. The van der Waals surface area contributed by atoms with Crippen LogP contribution in [0, 0.1) is 0 Å². The maximum absolute atomic E-state index is 13.4. The van der Waals surface area contributed by atoms with Crippen LogP contribution in [0.15, 0.2) is 138 Å². The minimum Gasteiger partial charge on any atom is -0.457 e. The molecule has 1 unspecified atom stereocenters. The Bertz CT molecular complexity index is 1890. The average Bonchev–Trinajstić information content (AvgIpc) is 3.09. The molecule has 0 aliphatic rings. The summed E-state index contributed by atoms with van der Waals surface area (Å²) in [5.74, 6) is 0.222. The lowest BCUT2D eigenvalue weighted by Crippen LogP contribution is -2.30. The molecule has 0 fully saturated rings. The first kappa shape index (κ1) is 33.3. The minimum absolute atomic E-state index is 0.0218. The highest BCUT2D eigenvalue weighted by molar-refractivity contribution is 8.00. The van der Waals surface area contributed by atoms with Gasteiger partial charge in [-0.2, -0.15) is 0 Å². The first-order valence-electron chi connectivity index (χ1n) is 14.5. The van der Waals surface area contributed by atoms with Crippen LogP contribution < -0.4 is 20.7 Å². The predicted octanol–water partition coefficient (Wildman–Crippen LogP) is 9.31. The number of halogens is 2. The van der Waals surface area contributed by atoms with Gasteiger partial charge in [0.2, 0.25) is 5.91 Å². The van der Waals surface area contributed by atoms with E-state index in [0.29, 0.717) is 33.3 Å². The van der Waals surface area contributed by atoms with Gasteiger partial charge >= 0.3 is 0 Å². The Hall–Kier alpha value is -5.02. The van der Waals surface area contributed by atoms with Crippen LogP contribution in [0.4, 0.5) is 11.4 Å². The van der Waals surface area contributed by atoms with Gasteiger partial charge in [-0.1, -0.05) is 71.7 Å². The number of para-hydroxylation sites is 1. The number of nitrogens with one attached hydrogen (secondary N) is 3. The van der Waals surface area contributed by atoms with Gasteiger partial charge in [-0.3, -0.25) is 14.4 Å². The largest absolute Gasteiger partial charge is 0.457 e. The quantitative estimate of drug-likeness (QED) is 0.0954. The van der Waals surface area contributed by atoms with Gasteiger partial charge in [-0.15, -0.1) is 11.8 Å². The molecule has 3 amide bonds. The van der Waals surface area contributed by atoms with Crippen LogP contribution >= 0.6 is 35.0 Å². The number of rotatable bonds is 11. The van der Waals surface area contributed by atoms with E-state index in [2.05, 4.69) is 16.0 Å². The molecule has 0 spiro atoms. The normalized spacial score (nSPS) is 11.7. The monoisotopic (exact) mass is 681 g/mol. The lowest BCUT2D eigenvalue weighted by molar-refractivity contribution is -0.115. The summed E-state index contributed by atoms with van der Waals surface area (Å²) < 4.78 is 5.81. The Kier molecular flexibility index (Phi) is 11.4. The van der Waals surface area contributed by atoms with Gasteiger partial charge in [0.1, 0.15) is 17.2 Å². The number of benzene rings is 5. The SMILES string of the molecule is CC(Sc1ccc(NC(=O)/C(=C/c2cccc(Cl)c2Cl)NC(=O)c2ccccc2)cc1)C(=O)Nc1ccc(Oc2ccccc2)cc1. The van der Waals surface area contributed by atoms with Crippen molar-refractivity contribution < 1.29 is 19.1 Å². The van der Waals surface area contributed by atoms with Gasteiger partial charge < -0.3 is 20.7 Å². The van der Waals surface area contributed by atoms with Crippen molar-refractivity contribution in [2.75, 3.05) is 10.6 Å². The molecule has 7 nitrogen and oxygen atoms in total. The first-order chi connectivity index (χ1) is 22.7. The van der Waals surface area contributed by atoms with Crippen molar-refractivity contribution in [3.63, 3.8) is 0 Å². The smallest absolute Gasteiger partial charge is 0.272 e.